The van der Waals surface area contributed by atoms with E-state index in [0.29, 0.717) is 5.92 Å². The number of benzene rings is 1. The predicted molar refractivity (Wildman–Crippen MR) is 91.8 cm³/mol. The van der Waals surface area contributed by atoms with Gasteiger partial charge in [-0.05, 0) is 24.6 Å². The van der Waals surface area contributed by atoms with Crippen molar-refractivity contribution in [3.8, 4) is 0 Å². The van der Waals surface area contributed by atoms with Crippen LogP contribution in [0.1, 0.15) is 44.1 Å². The van der Waals surface area contributed by atoms with Crippen LogP contribution in [0.2, 0.25) is 0 Å². The van der Waals surface area contributed by atoms with Gasteiger partial charge in [-0.2, -0.15) is 0 Å². The van der Waals surface area contributed by atoms with Crippen molar-refractivity contribution in [3.63, 3.8) is 0 Å². The molecule has 0 aliphatic heterocycles. The van der Waals surface area contributed by atoms with Gasteiger partial charge in [0.1, 0.15) is 17.5 Å². The van der Waals surface area contributed by atoms with Gasteiger partial charge in [-0.15, -0.1) is 0 Å². The van der Waals surface area contributed by atoms with Gasteiger partial charge in [-0.1, -0.05) is 41.9 Å². The zero-order valence-electron chi connectivity index (χ0n) is 12.8. The second-order valence-electron chi connectivity index (χ2n) is 5.32. The third kappa shape index (κ3) is 4.17. The number of halogens is 1. The van der Waals surface area contributed by atoms with E-state index >= 15 is 0 Å². The molecule has 0 fully saturated rings. The minimum absolute atomic E-state index is 0.178. The van der Waals surface area contributed by atoms with Gasteiger partial charge in [0.15, 0.2) is 0 Å². The number of anilines is 2. The summed E-state index contributed by atoms with van der Waals surface area (Å²) in [4.78, 5) is 9.07. The molecule has 1 atom stereocenters. The summed E-state index contributed by atoms with van der Waals surface area (Å²) >= 11 is 3.46. The second-order valence-corrected chi connectivity index (χ2v) is 6.23. The SMILES string of the molecule is CNc1cc(NC(C)c2ccc(Br)cc2)nc(C(C)C)n1. The standard InChI is InChI=1S/C16H21BrN4/c1-10(2)16-20-14(18-4)9-15(21-16)19-11(3)12-5-7-13(17)8-6-12/h5-11H,1-4H3,(H2,18,19,20,21). The Morgan fingerprint density at radius 2 is 1.62 bits per heavy atom. The summed E-state index contributed by atoms with van der Waals surface area (Å²) in [5.41, 5.74) is 1.22. The number of hydrogen-bond acceptors (Lipinski definition) is 4. The van der Waals surface area contributed by atoms with E-state index in [1.54, 1.807) is 0 Å². The van der Waals surface area contributed by atoms with Gasteiger partial charge in [0.2, 0.25) is 0 Å². The monoisotopic (exact) mass is 348 g/mol. The number of rotatable bonds is 5. The molecule has 0 saturated heterocycles. The average molecular weight is 349 g/mol. The average Bonchev–Trinajstić information content (AvgIpc) is 2.47. The molecule has 21 heavy (non-hydrogen) atoms. The van der Waals surface area contributed by atoms with Crippen molar-refractivity contribution in [3.05, 3.63) is 46.2 Å². The van der Waals surface area contributed by atoms with Crippen LogP contribution in [0.3, 0.4) is 0 Å². The Kier molecular flexibility index (Phi) is 5.17. The van der Waals surface area contributed by atoms with E-state index in [4.69, 9.17) is 0 Å². The summed E-state index contributed by atoms with van der Waals surface area (Å²) in [6, 6.07) is 10.4. The lowest BCUT2D eigenvalue weighted by atomic mass is 10.1. The smallest absolute Gasteiger partial charge is 0.135 e. The summed E-state index contributed by atoms with van der Waals surface area (Å²) in [5.74, 6) is 2.81. The van der Waals surface area contributed by atoms with E-state index in [1.807, 2.05) is 25.2 Å². The Bertz CT molecular complexity index is 596. The summed E-state index contributed by atoms with van der Waals surface area (Å²) in [6.07, 6.45) is 0. The van der Waals surface area contributed by atoms with E-state index in [-0.39, 0.29) is 6.04 Å². The largest absolute Gasteiger partial charge is 0.373 e. The number of nitrogens with one attached hydrogen (secondary N) is 2. The van der Waals surface area contributed by atoms with Gasteiger partial charge in [-0.3, -0.25) is 0 Å². The number of aromatic nitrogens is 2. The van der Waals surface area contributed by atoms with Crippen LogP contribution in [0, 0.1) is 0 Å². The third-order valence-electron chi connectivity index (χ3n) is 3.25. The topological polar surface area (TPSA) is 49.8 Å². The maximum absolute atomic E-state index is 4.59. The lowest BCUT2D eigenvalue weighted by Crippen LogP contribution is -2.11. The minimum Gasteiger partial charge on any atom is -0.373 e. The molecule has 1 aromatic carbocycles. The van der Waals surface area contributed by atoms with Crippen LogP contribution >= 0.6 is 15.9 Å². The first kappa shape index (κ1) is 15.8. The van der Waals surface area contributed by atoms with Crippen LogP contribution in [0.5, 0.6) is 0 Å². The van der Waals surface area contributed by atoms with Crippen molar-refractivity contribution in [2.75, 3.05) is 17.7 Å². The lowest BCUT2D eigenvalue weighted by Gasteiger charge is -2.17. The molecule has 2 aromatic rings. The molecule has 1 heterocycles. The van der Waals surface area contributed by atoms with Crippen LogP contribution in [0.15, 0.2) is 34.8 Å². The maximum atomic E-state index is 4.59. The van der Waals surface area contributed by atoms with Crippen molar-refractivity contribution >= 4 is 27.6 Å². The van der Waals surface area contributed by atoms with Crippen molar-refractivity contribution in [2.24, 2.45) is 0 Å². The zero-order chi connectivity index (χ0) is 15.4. The molecule has 0 radical (unpaired) electrons. The molecule has 5 heteroatoms. The zero-order valence-corrected chi connectivity index (χ0v) is 14.4. The van der Waals surface area contributed by atoms with Gasteiger partial charge in [-0.25, -0.2) is 9.97 Å². The van der Waals surface area contributed by atoms with Crippen LogP contribution in [-0.2, 0) is 0 Å². The van der Waals surface area contributed by atoms with Gasteiger partial charge in [0, 0.05) is 29.5 Å². The summed E-state index contributed by atoms with van der Waals surface area (Å²) < 4.78 is 1.08. The fraction of sp³-hybridized carbons (Fsp3) is 0.375. The third-order valence-corrected chi connectivity index (χ3v) is 3.78. The summed E-state index contributed by atoms with van der Waals surface area (Å²) in [6.45, 7) is 6.31. The maximum Gasteiger partial charge on any atom is 0.135 e. The van der Waals surface area contributed by atoms with Gasteiger partial charge in [0.05, 0.1) is 0 Å². The summed E-state index contributed by atoms with van der Waals surface area (Å²) in [5, 5.41) is 6.53. The highest BCUT2D eigenvalue weighted by Gasteiger charge is 2.10. The van der Waals surface area contributed by atoms with Gasteiger partial charge < -0.3 is 10.6 Å². The van der Waals surface area contributed by atoms with Gasteiger partial charge >= 0.3 is 0 Å². The van der Waals surface area contributed by atoms with Crippen molar-refractivity contribution in [1.29, 1.82) is 0 Å². The Balaban J connectivity index is 2.21. The first-order chi connectivity index (χ1) is 9.99. The van der Waals surface area contributed by atoms with Crippen LogP contribution < -0.4 is 10.6 Å². The molecule has 0 aliphatic rings. The highest BCUT2D eigenvalue weighted by Crippen LogP contribution is 2.22. The van der Waals surface area contributed by atoms with Crippen molar-refractivity contribution in [1.82, 2.24) is 9.97 Å². The number of nitrogens with zero attached hydrogens (tertiary/aromatic N) is 2. The fourth-order valence-corrected chi connectivity index (χ4v) is 2.25. The molecule has 1 unspecified atom stereocenters. The molecule has 0 aliphatic carbocycles. The van der Waals surface area contributed by atoms with E-state index in [1.165, 1.54) is 5.56 Å². The molecule has 112 valence electrons. The first-order valence-corrected chi connectivity index (χ1v) is 7.87. The van der Waals surface area contributed by atoms with Crippen LogP contribution in [0.25, 0.3) is 0 Å². The number of hydrogen-bond donors (Lipinski definition) is 2. The Hall–Kier alpha value is -1.62. The molecule has 2 N–H and O–H groups in total. The second kappa shape index (κ2) is 6.89. The molecular weight excluding hydrogens is 328 g/mol. The van der Waals surface area contributed by atoms with E-state index in [9.17, 15) is 0 Å². The van der Waals surface area contributed by atoms with Crippen LogP contribution in [-0.4, -0.2) is 17.0 Å². The molecule has 2 rings (SSSR count). The highest BCUT2D eigenvalue weighted by atomic mass is 79.9. The minimum atomic E-state index is 0.178. The molecule has 4 nitrogen and oxygen atoms in total. The highest BCUT2D eigenvalue weighted by molar-refractivity contribution is 9.10. The van der Waals surface area contributed by atoms with E-state index < -0.39 is 0 Å². The Morgan fingerprint density at radius 1 is 1.00 bits per heavy atom. The molecule has 0 bridgehead atoms. The quantitative estimate of drug-likeness (QED) is 0.830. The molecule has 0 amide bonds. The van der Waals surface area contributed by atoms with E-state index in [0.717, 1.165) is 21.9 Å². The molecule has 1 aromatic heterocycles. The van der Waals surface area contributed by atoms with E-state index in [2.05, 4.69) is 69.4 Å². The Morgan fingerprint density at radius 3 is 2.19 bits per heavy atom. The predicted octanol–water partition coefficient (Wildman–Crippen LogP) is 4.58. The lowest BCUT2D eigenvalue weighted by molar-refractivity contribution is 0.770. The normalized spacial score (nSPS) is 12.3. The molecule has 0 spiro atoms. The molecule has 0 saturated carbocycles. The van der Waals surface area contributed by atoms with Crippen LogP contribution in [0.4, 0.5) is 11.6 Å². The van der Waals surface area contributed by atoms with Crippen molar-refractivity contribution in [2.45, 2.75) is 32.7 Å². The van der Waals surface area contributed by atoms with Gasteiger partial charge in [0.25, 0.3) is 0 Å². The fourth-order valence-electron chi connectivity index (χ4n) is 1.98. The first-order valence-electron chi connectivity index (χ1n) is 7.08. The van der Waals surface area contributed by atoms with Crippen molar-refractivity contribution < 1.29 is 0 Å². The Labute approximate surface area is 134 Å². The molecular formula is C16H21BrN4. The summed E-state index contributed by atoms with van der Waals surface area (Å²) in [7, 11) is 1.87.